The van der Waals surface area contributed by atoms with E-state index < -0.39 is 12.0 Å². The molecular weight excluding hydrogens is 296 g/mol. The molecule has 0 aliphatic heterocycles. The first kappa shape index (κ1) is 16.6. The average Bonchev–Trinajstić information content (AvgIpc) is 2.99. The van der Waals surface area contributed by atoms with Crippen LogP contribution in [0.4, 0.5) is 0 Å². The highest BCUT2D eigenvalue weighted by Crippen LogP contribution is 2.32. The number of carbonyl (C=O) groups is 1. The van der Waals surface area contributed by atoms with Crippen molar-refractivity contribution in [2.45, 2.75) is 13.0 Å². The Kier molecular flexibility index (Phi) is 5.04. The van der Waals surface area contributed by atoms with Crippen LogP contribution in [0.25, 0.3) is 11.3 Å². The van der Waals surface area contributed by atoms with Gasteiger partial charge in [-0.2, -0.15) is 0 Å². The number of benzene rings is 1. The highest BCUT2D eigenvalue weighted by atomic mass is 16.5. The summed E-state index contributed by atoms with van der Waals surface area (Å²) in [6.07, 6.45) is 4.30. The SMILES string of the molecule is C#CCN(C)C(=O)c1onc(-c2ccc(OC)cc2)c1C(C)O. The zero-order valence-electron chi connectivity index (χ0n) is 13.2. The van der Waals surface area contributed by atoms with Crippen LogP contribution in [0, 0.1) is 12.3 Å². The van der Waals surface area contributed by atoms with Crippen molar-refractivity contribution in [1.29, 1.82) is 0 Å². The molecule has 6 heteroatoms. The number of carbonyl (C=O) groups excluding carboxylic acids is 1. The molecule has 1 aromatic heterocycles. The van der Waals surface area contributed by atoms with Gasteiger partial charge in [-0.15, -0.1) is 6.42 Å². The molecule has 0 aliphatic carbocycles. The first-order valence-corrected chi connectivity index (χ1v) is 7.00. The molecule has 0 saturated heterocycles. The van der Waals surface area contributed by atoms with Gasteiger partial charge in [-0.05, 0) is 31.2 Å². The summed E-state index contributed by atoms with van der Waals surface area (Å²) < 4.78 is 10.3. The number of nitrogens with zero attached hydrogens (tertiary/aromatic N) is 2. The van der Waals surface area contributed by atoms with Crippen molar-refractivity contribution < 1.29 is 19.2 Å². The van der Waals surface area contributed by atoms with Crippen molar-refractivity contribution in [2.75, 3.05) is 20.7 Å². The predicted molar refractivity (Wildman–Crippen MR) is 84.9 cm³/mol. The van der Waals surface area contributed by atoms with Crippen molar-refractivity contribution >= 4 is 5.91 Å². The van der Waals surface area contributed by atoms with Crippen molar-refractivity contribution in [3.8, 4) is 29.4 Å². The Balaban J connectivity index is 2.46. The largest absolute Gasteiger partial charge is 0.497 e. The lowest BCUT2D eigenvalue weighted by molar-refractivity contribution is 0.0763. The molecule has 2 aromatic rings. The number of aliphatic hydroxyl groups is 1. The van der Waals surface area contributed by atoms with Crippen LogP contribution >= 0.6 is 0 Å². The van der Waals surface area contributed by atoms with Crippen LogP contribution in [0.5, 0.6) is 5.75 Å². The Labute approximate surface area is 134 Å². The third-order valence-corrected chi connectivity index (χ3v) is 3.38. The maximum atomic E-state index is 12.4. The van der Waals surface area contributed by atoms with E-state index in [2.05, 4.69) is 11.1 Å². The Morgan fingerprint density at radius 2 is 2.13 bits per heavy atom. The summed E-state index contributed by atoms with van der Waals surface area (Å²) in [6, 6.07) is 7.09. The number of methoxy groups -OCH3 is 1. The average molecular weight is 314 g/mol. The minimum atomic E-state index is -0.920. The van der Waals surface area contributed by atoms with E-state index in [9.17, 15) is 9.90 Å². The number of aromatic nitrogens is 1. The first-order valence-electron chi connectivity index (χ1n) is 7.00. The van der Waals surface area contributed by atoms with E-state index in [1.165, 1.54) is 4.90 Å². The highest BCUT2D eigenvalue weighted by molar-refractivity contribution is 5.94. The summed E-state index contributed by atoms with van der Waals surface area (Å²) in [5.41, 5.74) is 1.47. The zero-order valence-corrected chi connectivity index (χ0v) is 13.2. The molecule has 2 rings (SSSR count). The van der Waals surface area contributed by atoms with Crippen LogP contribution in [-0.4, -0.2) is 41.8 Å². The maximum absolute atomic E-state index is 12.4. The van der Waals surface area contributed by atoms with E-state index in [4.69, 9.17) is 15.7 Å². The van der Waals surface area contributed by atoms with Gasteiger partial charge in [-0.3, -0.25) is 4.79 Å². The van der Waals surface area contributed by atoms with E-state index in [0.717, 1.165) is 0 Å². The molecule has 1 amide bonds. The standard InChI is InChI=1S/C17H18N2O4/c1-5-10-19(3)17(21)16-14(11(2)20)15(18-23-16)12-6-8-13(22-4)9-7-12/h1,6-9,11,20H,10H2,2-4H3. The number of terminal acetylenes is 1. The van der Waals surface area contributed by atoms with Gasteiger partial charge < -0.3 is 19.3 Å². The molecule has 1 aromatic carbocycles. The van der Waals surface area contributed by atoms with Crippen LogP contribution in [0.15, 0.2) is 28.8 Å². The lowest BCUT2D eigenvalue weighted by Gasteiger charge is -2.13. The molecule has 1 N–H and O–H groups in total. The molecule has 0 spiro atoms. The first-order chi connectivity index (χ1) is 11.0. The molecule has 0 radical (unpaired) electrons. The summed E-state index contributed by atoms with van der Waals surface area (Å²) in [5.74, 6) is 2.64. The van der Waals surface area contributed by atoms with Gasteiger partial charge >= 0.3 is 0 Å². The van der Waals surface area contributed by atoms with E-state index in [-0.39, 0.29) is 12.3 Å². The molecule has 1 heterocycles. The topological polar surface area (TPSA) is 75.8 Å². The van der Waals surface area contributed by atoms with Crippen LogP contribution in [0.1, 0.15) is 29.1 Å². The summed E-state index contributed by atoms with van der Waals surface area (Å²) in [5, 5.41) is 14.0. The van der Waals surface area contributed by atoms with Gasteiger partial charge in [0.1, 0.15) is 11.4 Å². The number of hydrogen-bond acceptors (Lipinski definition) is 5. The Bertz CT molecular complexity index is 726. The Morgan fingerprint density at radius 3 is 2.65 bits per heavy atom. The Hall–Kier alpha value is -2.78. The third-order valence-electron chi connectivity index (χ3n) is 3.38. The molecule has 1 atom stereocenters. The second kappa shape index (κ2) is 6.99. The number of hydrogen-bond donors (Lipinski definition) is 1. The van der Waals surface area contributed by atoms with Crippen LogP contribution in [0.2, 0.25) is 0 Å². The lowest BCUT2D eigenvalue weighted by atomic mass is 10.0. The van der Waals surface area contributed by atoms with E-state index in [1.54, 1.807) is 45.3 Å². The number of rotatable bonds is 5. The summed E-state index contributed by atoms with van der Waals surface area (Å²) in [4.78, 5) is 13.7. The normalized spacial score (nSPS) is 11.6. The van der Waals surface area contributed by atoms with Crippen molar-refractivity contribution in [1.82, 2.24) is 10.1 Å². The highest BCUT2D eigenvalue weighted by Gasteiger charge is 2.28. The van der Waals surface area contributed by atoms with E-state index in [1.807, 2.05) is 0 Å². The monoisotopic (exact) mass is 314 g/mol. The molecule has 1 unspecified atom stereocenters. The molecule has 0 aliphatic rings. The van der Waals surface area contributed by atoms with Crippen molar-refractivity contribution in [2.24, 2.45) is 0 Å². The van der Waals surface area contributed by atoms with Crippen LogP contribution in [-0.2, 0) is 0 Å². The molecule has 0 bridgehead atoms. The van der Waals surface area contributed by atoms with Gasteiger partial charge in [0.05, 0.1) is 25.3 Å². The molecule has 0 saturated carbocycles. The van der Waals surface area contributed by atoms with Gasteiger partial charge in [0.2, 0.25) is 5.76 Å². The van der Waals surface area contributed by atoms with E-state index in [0.29, 0.717) is 22.6 Å². The van der Waals surface area contributed by atoms with Crippen molar-refractivity contribution in [3.05, 3.63) is 35.6 Å². The molecule has 23 heavy (non-hydrogen) atoms. The number of aliphatic hydroxyl groups excluding tert-OH is 1. The quantitative estimate of drug-likeness (QED) is 0.855. The molecule has 6 nitrogen and oxygen atoms in total. The minimum Gasteiger partial charge on any atom is -0.497 e. The van der Waals surface area contributed by atoms with Crippen LogP contribution < -0.4 is 4.74 Å². The van der Waals surface area contributed by atoms with Crippen LogP contribution in [0.3, 0.4) is 0 Å². The summed E-state index contributed by atoms with van der Waals surface area (Å²) >= 11 is 0. The molecule has 0 fully saturated rings. The summed E-state index contributed by atoms with van der Waals surface area (Å²) in [7, 11) is 3.13. The molecular formula is C17H18N2O4. The number of amides is 1. The second-order valence-corrected chi connectivity index (χ2v) is 5.04. The van der Waals surface area contributed by atoms with Gasteiger partial charge in [0.15, 0.2) is 0 Å². The maximum Gasteiger partial charge on any atom is 0.293 e. The second-order valence-electron chi connectivity index (χ2n) is 5.04. The fraction of sp³-hybridized carbons (Fsp3) is 0.294. The fourth-order valence-electron chi connectivity index (χ4n) is 2.18. The minimum absolute atomic E-state index is 0.0106. The van der Waals surface area contributed by atoms with E-state index >= 15 is 0 Å². The summed E-state index contributed by atoms with van der Waals surface area (Å²) in [6.45, 7) is 1.69. The lowest BCUT2D eigenvalue weighted by Crippen LogP contribution is -2.27. The Morgan fingerprint density at radius 1 is 1.48 bits per heavy atom. The predicted octanol–water partition coefficient (Wildman–Crippen LogP) is 2.11. The van der Waals surface area contributed by atoms with Gasteiger partial charge in [0.25, 0.3) is 5.91 Å². The van der Waals surface area contributed by atoms with Gasteiger partial charge in [0, 0.05) is 12.6 Å². The van der Waals surface area contributed by atoms with Crippen molar-refractivity contribution in [3.63, 3.8) is 0 Å². The third kappa shape index (κ3) is 3.35. The van der Waals surface area contributed by atoms with Gasteiger partial charge in [-0.1, -0.05) is 11.1 Å². The fourth-order valence-corrected chi connectivity index (χ4v) is 2.18. The van der Waals surface area contributed by atoms with Gasteiger partial charge in [-0.25, -0.2) is 0 Å². The zero-order chi connectivity index (χ0) is 17.0. The smallest absolute Gasteiger partial charge is 0.293 e. The number of ether oxygens (including phenoxy) is 1. The molecule has 120 valence electrons.